The zero-order valence-corrected chi connectivity index (χ0v) is 12.5. The van der Waals surface area contributed by atoms with E-state index in [9.17, 15) is 0 Å². The van der Waals surface area contributed by atoms with Gasteiger partial charge in [0.2, 0.25) is 0 Å². The summed E-state index contributed by atoms with van der Waals surface area (Å²) in [5, 5.41) is 0. The molecule has 0 unspecified atom stereocenters. The van der Waals surface area contributed by atoms with Crippen LogP contribution in [0.4, 0.5) is 0 Å². The van der Waals surface area contributed by atoms with E-state index < -0.39 is 0 Å². The summed E-state index contributed by atoms with van der Waals surface area (Å²) in [6.45, 7) is 14.9. The molecule has 0 aromatic rings. The SMILES string of the molecule is C=C[N+](CCCC)(CCCC)CCCCCC. The molecule has 0 aromatic carbocycles. The molecule has 0 N–H and O–H groups in total. The van der Waals surface area contributed by atoms with Crippen LogP contribution >= 0.6 is 0 Å². The minimum absolute atomic E-state index is 1.16. The number of quaternary nitrogens is 1. The predicted molar refractivity (Wildman–Crippen MR) is 79.0 cm³/mol. The lowest BCUT2D eigenvalue weighted by Gasteiger charge is -2.35. The van der Waals surface area contributed by atoms with E-state index in [0.29, 0.717) is 0 Å². The first kappa shape index (κ1) is 16.7. The summed E-state index contributed by atoms with van der Waals surface area (Å²) in [6, 6.07) is 0. The second-order valence-electron chi connectivity index (χ2n) is 5.34. The molecule has 0 rings (SSSR count). The smallest absolute Gasteiger partial charge is 0.0885 e. The van der Waals surface area contributed by atoms with Gasteiger partial charge in [-0.2, -0.15) is 0 Å². The summed E-state index contributed by atoms with van der Waals surface area (Å²) in [5.74, 6) is 0. The quantitative estimate of drug-likeness (QED) is 0.328. The molecule has 0 bridgehead atoms. The van der Waals surface area contributed by atoms with Gasteiger partial charge in [0.25, 0.3) is 0 Å². The van der Waals surface area contributed by atoms with Crippen LogP contribution < -0.4 is 0 Å². The standard InChI is InChI=1S/C16H34N/c1-5-9-12-13-16-17(8-4,14-10-6-2)15-11-7-3/h8H,4-7,9-16H2,1-3H3/q+1. The molecule has 0 spiro atoms. The Balaban J connectivity index is 4.17. The number of nitrogens with zero attached hydrogens (tertiary/aromatic N) is 1. The molecule has 0 aliphatic carbocycles. The Morgan fingerprint density at radius 1 is 0.706 bits per heavy atom. The van der Waals surface area contributed by atoms with Gasteiger partial charge in [-0.1, -0.05) is 46.5 Å². The maximum absolute atomic E-state index is 4.11. The Bertz CT molecular complexity index is 166. The molecule has 1 heteroatoms. The van der Waals surface area contributed by atoms with Crippen molar-refractivity contribution in [2.75, 3.05) is 19.6 Å². The second-order valence-corrected chi connectivity index (χ2v) is 5.34. The molecule has 0 aliphatic heterocycles. The van der Waals surface area contributed by atoms with Crippen molar-refractivity contribution in [3.8, 4) is 0 Å². The van der Waals surface area contributed by atoms with Gasteiger partial charge in [0.05, 0.1) is 25.8 Å². The van der Waals surface area contributed by atoms with Crippen molar-refractivity contribution < 1.29 is 4.48 Å². The first-order chi connectivity index (χ1) is 8.24. The van der Waals surface area contributed by atoms with Crippen molar-refractivity contribution in [3.05, 3.63) is 12.8 Å². The fraction of sp³-hybridized carbons (Fsp3) is 0.875. The lowest BCUT2D eigenvalue weighted by molar-refractivity contribution is -0.880. The van der Waals surface area contributed by atoms with Crippen LogP contribution in [0.25, 0.3) is 0 Å². The van der Waals surface area contributed by atoms with E-state index in [1.165, 1.54) is 71.0 Å². The molecule has 0 aliphatic rings. The lowest BCUT2D eigenvalue weighted by atomic mass is 10.1. The van der Waals surface area contributed by atoms with Crippen molar-refractivity contribution in [2.24, 2.45) is 0 Å². The average Bonchev–Trinajstić information content (AvgIpc) is 2.37. The Morgan fingerprint density at radius 2 is 1.18 bits per heavy atom. The van der Waals surface area contributed by atoms with E-state index in [1.54, 1.807) is 0 Å². The van der Waals surface area contributed by atoms with Gasteiger partial charge in [-0.05, 0) is 32.3 Å². The predicted octanol–water partition coefficient (Wildman–Crippen LogP) is 5.13. The topological polar surface area (TPSA) is 0 Å². The van der Waals surface area contributed by atoms with Crippen molar-refractivity contribution in [1.29, 1.82) is 0 Å². The summed E-state index contributed by atoms with van der Waals surface area (Å²) in [5.41, 5.74) is 0. The maximum atomic E-state index is 4.11. The van der Waals surface area contributed by atoms with E-state index in [1.807, 2.05) is 0 Å². The summed E-state index contributed by atoms with van der Waals surface area (Å²) in [7, 11) is 0. The zero-order chi connectivity index (χ0) is 13.0. The van der Waals surface area contributed by atoms with E-state index >= 15 is 0 Å². The third-order valence-electron chi connectivity index (χ3n) is 3.76. The van der Waals surface area contributed by atoms with Crippen LogP contribution in [0, 0.1) is 0 Å². The van der Waals surface area contributed by atoms with E-state index in [4.69, 9.17) is 0 Å². The van der Waals surface area contributed by atoms with Crippen LogP contribution in [0.15, 0.2) is 12.8 Å². The van der Waals surface area contributed by atoms with Gasteiger partial charge >= 0.3 is 0 Å². The molecule has 0 fully saturated rings. The Labute approximate surface area is 109 Å². The third kappa shape index (κ3) is 7.59. The fourth-order valence-corrected chi connectivity index (χ4v) is 2.41. The largest absolute Gasteiger partial charge is 0.298 e. The summed E-state index contributed by atoms with van der Waals surface area (Å²) in [6.07, 6.45) is 13.0. The lowest BCUT2D eigenvalue weighted by Crippen LogP contribution is -2.44. The third-order valence-corrected chi connectivity index (χ3v) is 3.76. The molecular weight excluding hydrogens is 206 g/mol. The number of hydrogen-bond acceptors (Lipinski definition) is 0. The van der Waals surface area contributed by atoms with E-state index in [2.05, 4.69) is 33.6 Å². The second kappa shape index (κ2) is 10.8. The highest BCUT2D eigenvalue weighted by Gasteiger charge is 2.22. The molecule has 102 valence electrons. The van der Waals surface area contributed by atoms with Gasteiger partial charge in [-0.25, -0.2) is 0 Å². The maximum Gasteiger partial charge on any atom is 0.0885 e. The molecular formula is C16H34N+. The van der Waals surface area contributed by atoms with Crippen molar-refractivity contribution in [1.82, 2.24) is 0 Å². The van der Waals surface area contributed by atoms with Crippen LogP contribution in [0.2, 0.25) is 0 Å². The Hall–Kier alpha value is -0.300. The molecule has 0 heterocycles. The van der Waals surface area contributed by atoms with Gasteiger partial charge in [0.15, 0.2) is 0 Å². The molecule has 0 saturated heterocycles. The van der Waals surface area contributed by atoms with Crippen molar-refractivity contribution >= 4 is 0 Å². The van der Waals surface area contributed by atoms with Gasteiger partial charge in [0, 0.05) is 0 Å². The van der Waals surface area contributed by atoms with Crippen LogP contribution in [-0.4, -0.2) is 24.1 Å². The van der Waals surface area contributed by atoms with Crippen LogP contribution in [0.1, 0.15) is 72.1 Å². The fourth-order valence-electron chi connectivity index (χ4n) is 2.41. The molecule has 0 radical (unpaired) electrons. The van der Waals surface area contributed by atoms with E-state index in [0.717, 1.165) is 4.48 Å². The highest BCUT2D eigenvalue weighted by atomic mass is 15.3. The zero-order valence-electron chi connectivity index (χ0n) is 12.5. The van der Waals surface area contributed by atoms with E-state index in [-0.39, 0.29) is 0 Å². The van der Waals surface area contributed by atoms with Crippen LogP contribution in [0.5, 0.6) is 0 Å². The number of rotatable bonds is 12. The number of unbranched alkanes of at least 4 members (excludes halogenated alkanes) is 5. The van der Waals surface area contributed by atoms with Gasteiger partial charge in [-0.15, -0.1) is 0 Å². The summed E-state index contributed by atoms with van der Waals surface area (Å²) < 4.78 is 1.16. The van der Waals surface area contributed by atoms with Gasteiger partial charge in [-0.3, -0.25) is 4.48 Å². The first-order valence-corrected chi connectivity index (χ1v) is 7.74. The Kier molecular flexibility index (Phi) is 10.6. The summed E-state index contributed by atoms with van der Waals surface area (Å²) >= 11 is 0. The molecule has 0 atom stereocenters. The van der Waals surface area contributed by atoms with Crippen LogP contribution in [-0.2, 0) is 0 Å². The molecule has 0 aromatic heterocycles. The summed E-state index contributed by atoms with van der Waals surface area (Å²) in [4.78, 5) is 0. The minimum atomic E-state index is 1.16. The molecule has 0 saturated carbocycles. The first-order valence-electron chi connectivity index (χ1n) is 7.74. The monoisotopic (exact) mass is 240 g/mol. The average molecular weight is 240 g/mol. The highest BCUT2D eigenvalue weighted by molar-refractivity contribution is 4.59. The van der Waals surface area contributed by atoms with Crippen LogP contribution in [0.3, 0.4) is 0 Å². The minimum Gasteiger partial charge on any atom is -0.298 e. The number of hydrogen-bond donors (Lipinski definition) is 0. The molecule has 17 heavy (non-hydrogen) atoms. The van der Waals surface area contributed by atoms with Gasteiger partial charge in [0.1, 0.15) is 0 Å². The highest BCUT2D eigenvalue weighted by Crippen LogP contribution is 2.16. The normalized spacial score (nSPS) is 11.7. The molecule has 0 amide bonds. The Morgan fingerprint density at radius 3 is 1.59 bits per heavy atom. The van der Waals surface area contributed by atoms with Crippen molar-refractivity contribution in [3.63, 3.8) is 0 Å². The van der Waals surface area contributed by atoms with Crippen molar-refractivity contribution in [2.45, 2.75) is 72.1 Å². The van der Waals surface area contributed by atoms with Gasteiger partial charge < -0.3 is 0 Å². The molecule has 1 nitrogen and oxygen atoms in total.